The Morgan fingerprint density at radius 3 is 2.73 bits per heavy atom. The van der Waals surface area contributed by atoms with Crippen molar-refractivity contribution in [2.75, 3.05) is 7.11 Å². The summed E-state index contributed by atoms with van der Waals surface area (Å²) in [6, 6.07) is 7.64. The van der Waals surface area contributed by atoms with Gasteiger partial charge in [0.05, 0.1) is 13.5 Å². The standard InChI is InChI=1S/C12H17NO2/c1-3-9-6-4-5-7-10(9)11(13)8-12(14)15-2/h4-7,11H,3,8,13H2,1-2H3/t11-/m1/s1. The molecule has 0 saturated heterocycles. The van der Waals surface area contributed by atoms with Gasteiger partial charge in [0.2, 0.25) is 0 Å². The summed E-state index contributed by atoms with van der Waals surface area (Å²) in [7, 11) is 1.38. The molecule has 0 radical (unpaired) electrons. The lowest BCUT2D eigenvalue weighted by Gasteiger charge is -2.14. The second-order valence-corrected chi connectivity index (χ2v) is 3.44. The molecule has 3 nitrogen and oxygen atoms in total. The first kappa shape index (κ1) is 11.7. The molecule has 1 aromatic rings. The second-order valence-electron chi connectivity index (χ2n) is 3.44. The molecule has 1 atom stereocenters. The smallest absolute Gasteiger partial charge is 0.307 e. The maximum absolute atomic E-state index is 11.1. The Hall–Kier alpha value is -1.35. The van der Waals surface area contributed by atoms with Crippen LogP contribution in [0, 0.1) is 0 Å². The Bertz CT molecular complexity index is 336. The summed E-state index contributed by atoms with van der Waals surface area (Å²) in [5.41, 5.74) is 8.17. The van der Waals surface area contributed by atoms with Gasteiger partial charge in [0.25, 0.3) is 0 Å². The molecular formula is C12H17NO2. The van der Waals surface area contributed by atoms with Gasteiger partial charge in [-0.25, -0.2) is 0 Å². The average Bonchev–Trinajstić information content (AvgIpc) is 2.28. The molecule has 2 N–H and O–H groups in total. The summed E-state index contributed by atoms with van der Waals surface area (Å²) >= 11 is 0. The molecule has 82 valence electrons. The molecule has 0 aliphatic heterocycles. The zero-order chi connectivity index (χ0) is 11.3. The van der Waals surface area contributed by atoms with Crippen LogP contribution in [-0.4, -0.2) is 13.1 Å². The molecule has 1 rings (SSSR count). The van der Waals surface area contributed by atoms with E-state index in [9.17, 15) is 4.79 Å². The van der Waals surface area contributed by atoms with Gasteiger partial charge in [-0.05, 0) is 17.5 Å². The van der Waals surface area contributed by atoms with Crippen LogP contribution in [0.5, 0.6) is 0 Å². The lowest BCUT2D eigenvalue weighted by atomic mass is 9.97. The van der Waals surface area contributed by atoms with Gasteiger partial charge in [-0.1, -0.05) is 31.2 Å². The molecule has 0 saturated carbocycles. The topological polar surface area (TPSA) is 52.3 Å². The maximum atomic E-state index is 11.1. The third-order valence-electron chi connectivity index (χ3n) is 2.45. The van der Waals surface area contributed by atoms with Crippen molar-refractivity contribution in [2.45, 2.75) is 25.8 Å². The Morgan fingerprint density at radius 2 is 2.13 bits per heavy atom. The molecule has 3 heteroatoms. The van der Waals surface area contributed by atoms with Crippen LogP contribution in [0.3, 0.4) is 0 Å². The van der Waals surface area contributed by atoms with Crippen LogP contribution in [0.15, 0.2) is 24.3 Å². The van der Waals surface area contributed by atoms with Crippen molar-refractivity contribution >= 4 is 5.97 Å². The van der Waals surface area contributed by atoms with E-state index in [0.29, 0.717) is 0 Å². The molecular weight excluding hydrogens is 190 g/mol. The number of ether oxygens (including phenoxy) is 1. The number of rotatable bonds is 4. The first-order valence-electron chi connectivity index (χ1n) is 5.09. The van der Waals surface area contributed by atoms with Crippen molar-refractivity contribution in [1.29, 1.82) is 0 Å². The molecule has 1 aromatic carbocycles. The van der Waals surface area contributed by atoms with Gasteiger partial charge >= 0.3 is 5.97 Å². The van der Waals surface area contributed by atoms with E-state index >= 15 is 0 Å². The van der Waals surface area contributed by atoms with E-state index in [2.05, 4.69) is 11.7 Å². The largest absolute Gasteiger partial charge is 0.469 e. The van der Waals surface area contributed by atoms with Crippen molar-refractivity contribution in [2.24, 2.45) is 5.73 Å². The summed E-state index contributed by atoms with van der Waals surface area (Å²) in [5.74, 6) is -0.270. The summed E-state index contributed by atoms with van der Waals surface area (Å²) in [6.45, 7) is 2.07. The van der Waals surface area contributed by atoms with Crippen LogP contribution in [0.4, 0.5) is 0 Å². The molecule has 0 fully saturated rings. The molecule has 0 aliphatic carbocycles. The van der Waals surface area contributed by atoms with Crippen molar-refractivity contribution in [3.63, 3.8) is 0 Å². The van der Waals surface area contributed by atoms with Gasteiger partial charge in [0.1, 0.15) is 0 Å². The number of carbonyl (C=O) groups excluding carboxylic acids is 1. The fourth-order valence-corrected chi connectivity index (χ4v) is 1.59. The third kappa shape index (κ3) is 3.06. The molecule has 0 amide bonds. The van der Waals surface area contributed by atoms with E-state index in [1.165, 1.54) is 12.7 Å². The number of esters is 1. The highest BCUT2D eigenvalue weighted by Gasteiger charge is 2.13. The maximum Gasteiger partial charge on any atom is 0.307 e. The minimum absolute atomic E-state index is 0.230. The van der Waals surface area contributed by atoms with Crippen molar-refractivity contribution < 1.29 is 9.53 Å². The molecule has 0 bridgehead atoms. The summed E-state index contributed by atoms with van der Waals surface area (Å²) < 4.78 is 4.60. The summed E-state index contributed by atoms with van der Waals surface area (Å²) in [6.07, 6.45) is 1.15. The number of methoxy groups -OCH3 is 1. The normalized spacial score (nSPS) is 12.2. The molecule has 0 heterocycles. The highest BCUT2D eigenvalue weighted by molar-refractivity contribution is 5.70. The number of nitrogens with two attached hydrogens (primary N) is 1. The summed E-state index contributed by atoms with van der Waals surface area (Å²) in [5, 5.41) is 0. The Kier molecular flexibility index (Phi) is 4.31. The number of aryl methyl sites for hydroxylation is 1. The average molecular weight is 207 g/mol. The fourth-order valence-electron chi connectivity index (χ4n) is 1.59. The second kappa shape index (κ2) is 5.51. The van der Waals surface area contributed by atoms with Crippen LogP contribution in [0.25, 0.3) is 0 Å². The zero-order valence-electron chi connectivity index (χ0n) is 9.19. The van der Waals surface area contributed by atoms with Crippen molar-refractivity contribution in [3.05, 3.63) is 35.4 Å². The third-order valence-corrected chi connectivity index (χ3v) is 2.45. The van der Waals surface area contributed by atoms with Crippen LogP contribution in [0.2, 0.25) is 0 Å². The SMILES string of the molecule is CCc1ccccc1[C@H](N)CC(=O)OC. The van der Waals surface area contributed by atoms with Gasteiger partial charge in [-0.2, -0.15) is 0 Å². The van der Waals surface area contributed by atoms with Crippen LogP contribution < -0.4 is 5.73 Å². The Balaban J connectivity index is 2.80. The number of hydrogen-bond acceptors (Lipinski definition) is 3. The summed E-state index contributed by atoms with van der Waals surface area (Å²) in [4.78, 5) is 11.1. The van der Waals surface area contributed by atoms with Crippen LogP contribution in [-0.2, 0) is 16.0 Å². The van der Waals surface area contributed by atoms with E-state index < -0.39 is 0 Å². The van der Waals surface area contributed by atoms with E-state index in [-0.39, 0.29) is 18.4 Å². The lowest BCUT2D eigenvalue weighted by Crippen LogP contribution is -2.17. The van der Waals surface area contributed by atoms with Gasteiger partial charge in [-0.3, -0.25) is 4.79 Å². The van der Waals surface area contributed by atoms with Gasteiger partial charge in [-0.15, -0.1) is 0 Å². The van der Waals surface area contributed by atoms with Gasteiger partial charge < -0.3 is 10.5 Å². The van der Waals surface area contributed by atoms with E-state index in [4.69, 9.17) is 5.73 Å². The number of benzene rings is 1. The van der Waals surface area contributed by atoms with Crippen molar-refractivity contribution in [1.82, 2.24) is 0 Å². The van der Waals surface area contributed by atoms with E-state index in [0.717, 1.165) is 12.0 Å². The molecule has 15 heavy (non-hydrogen) atoms. The molecule has 0 unspecified atom stereocenters. The highest BCUT2D eigenvalue weighted by Crippen LogP contribution is 2.19. The predicted octanol–water partition coefficient (Wildman–Crippen LogP) is 1.81. The molecule has 0 aromatic heterocycles. The van der Waals surface area contributed by atoms with Crippen LogP contribution >= 0.6 is 0 Å². The van der Waals surface area contributed by atoms with Crippen LogP contribution in [0.1, 0.15) is 30.5 Å². The van der Waals surface area contributed by atoms with Crippen molar-refractivity contribution in [3.8, 4) is 0 Å². The highest BCUT2D eigenvalue weighted by atomic mass is 16.5. The van der Waals surface area contributed by atoms with Gasteiger partial charge in [0.15, 0.2) is 0 Å². The van der Waals surface area contributed by atoms with E-state index in [1.807, 2.05) is 24.3 Å². The van der Waals surface area contributed by atoms with Gasteiger partial charge in [0, 0.05) is 6.04 Å². The monoisotopic (exact) mass is 207 g/mol. The number of carbonyl (C=O) groups is 1. The first-order chi connectivity index (χ1) is 7.19. The number of hydrogen-bond donors (Lipinski definition) is 1. The predicted molar refractivity (Wildman–Crippen MR) is 59.4 cm³/mol. The lowest BCUT2D eigenvalue weighted by molar-refractivity contribution is -0.141. The quantitative estimate of drug-likeness (QED) is 0.766. The Labute approximate surface area is 90.2 Å². The zero-order valence-corrected chi connectivity index (χ0v) is 9.19. The first-order valence-corrected chi connectivity index (χ1v) is 5.09. The minimum Gasteiger partial charge on any atom is -0.469 e. The fraction of sp³-hybridized carbons (Fsp3) is 0.417. The minimum atomic E-state index is -0.270. The molecule has 0 spiro atoms. The Morgan fingerprint density at radius 1 is 1.47 bits per heavy atom. The molecule has 0 aliphatic rings. The van der Waals surface area contributed by atoms with E-state index in [1.54, 1.807) is 0 Å².